The highest BCUT2D eigenvalue weighted by Crippen LogP contribution is 2.40. The standard InChI is InChI=1S/C14H23N3O/c1-9-5-6-10(7-9)13-16-14(18-17-13)12-4-2-3-11(12)8-15/h9-12H,2-8,15H2,1H3. The first-order valence-electron chi connectivity index (χ1n) is 7.31. The van der Waals surface area contributed by atoms with Crippen LogP contribution in [0.1, 0.15) is 69.0 Å². The van der Waals surface area contributed by atoms with E-state index in [0.29, 0.717) is 17.8 Å². The van der Waals surface area contributed by atoms with Crippen molar-refractivity contribution in [2.24, 2.45) is 17.6 Å². The molecule has 4 nitrogen and oxygen atoms in total. The lowest BCUT2D eigenvalue weighted by Gasteiger charge is -2.12. The van der Waals surface area contributed by atoms with Crippen LogP contribution in [-0.2, 0) is 0 Å². The van der Waals surface area contributed by atoms with Crippen molar-refractivity contribution in [2.75, 3.05) is 6.54 Å². The predicted molar refractivity (Wildman–Crippen MR) is 69.2 cm³/mol. The fraction of sp³-hybridized carbons (Fsp3) is 0.857. The number of hydrogen-bond acceptors (Lipinski definition) is 4. The molecule has 0 bridgehead atoms. The van der Waals surface area contributed by atoms with Crippen LogP contribution in [0.3, 0.4) is 0 Å². The molecule has 2 saturated carbocycles. The van der Waals surface area contributed by atoms with Crippen molar-refractivity contribution >= 4 is 0 Å². The van der Waals surface area contributed by atoms with E-state index in [1.807, 2.05) is 0 Å². The normalized spacial score (nSPS) is 36.3. The minimum absolute atomic E-state index is 0.412. The summed E-state index contributed by atoms with van der Waals surface area (Å²) in [6.45, 7) is 3.05. The van der Waals surface area contributed by atoms with Gasteiger partial charge in [-0.25, -0.2) is 0 Å². The van der Waals surface area contributed by atoms with E-state index in [1.54, 1.807) is 0 Å². The highest BCUT2D eigenvalue weighted by molar-refractivity contribution is 5.04. The highest BCUT2D eigenvalue weighted by atomic mass is 16.5. The Bertz CT molecular complexity index is 403. The molecule has 0 aromatic carbocycles. The van der Waals surface area contributed by atoms with Gasteiger partial charge in [0.25, 0.3) is 0 Å². The molecule has 1 heterocycles. The van der Waals surface area contributed by atoms with Crippen LogP contribution in [-0.4, -0.2) is 16.7 Å². The molecule has 1 aromatic rings. The van der Waals surface area contributed by atoms with Crippen LogP contribution in [0.15, 0.2) is 4.52 Å². The van der Waals surface area contributed by atoms with Gasteiger partial charge in [0.15, 0.2) is 5.82 Å². The molecule has 2 aliphatic rings. The van der Waals surface area contributed by atoms with Gasteiger partial charge in [0.1, 0.15) is 0 Å². The number of nitrogens with zero attached hydrogens (tertiary/aromatic N) is 2. The maximum Gasteiger partial charge on any atom is 0.230 e. The molecule has 1 aromatic heterocycles. The molecule has 0 aliphatic heterocycles. The van der Waals surface area contributed by atoms with Crippen molar-refractivity contribution < 1.29 is 4.52 Å². The van der Waals surface area contributed by atoms with Gasteiger partial charge in [-0.15, -0.1) is 0 Å². The fourth-order valence-corrected chi connectivity index (χ4v) is 3.65. The maximum absolute atomic E-state index is 5.82. The third-order valence-electron chi connectivity index (χ3n) is 4.80. The van der Waals surface area contributed by atoms with E-state index in [2.05, 4.69) is 17.1 Å². The largest absolute Gasteiger partial charge is 0.339 e. The Morgan fingerprint density at radius 2 is 2.17 bits per heavy atom. The van der Waals surface area contributed by atoms with E-state index in [0.717, 1.165) is 30.6 Å². The molecular formula is C14H23N3O. The lowest BCUT2D eigenvalue weighted by atomic mass is 9.96. The van der Waals surface area contributed by atoms with Gasteiger partial charge in [0, 0.05) is 11.8 Å². The minimum atomic E-state index is 0.412. The van der Waals surface area contributed by atoms with E-state index >= 15 is 0 Å². The smallest absolute Gasteiger partial charge is 0.230 e. The number of nitrogens with two attached hydrogens (primary N) is 1. The molecule has 2 aliphatic carbocycles. The molecule has 0 radical (unpaired) electrons. The lowest BCUT2D eigenvalue weighted by molar-refractivity contribution is 0.321. The number of aromatic nitrogens is 2. The first-order chi connectivity index (χ1) is 8.78. The van der Waals surface area contributed by atoms with Gasteiger partial charge in [-0.1, -0.05) is 18.5 Å². The summed E-state index contributed by atoms with van der Waals surface area (Å²) in [6, 6.07) is 0. The van der Waals surface area contributed by atoms with Gasteiger partial charge in [-0.05, 0) is 50.5 Å². The van der Waals surface area contributed by atoms with Gasteiger partial charge in [-0.3, -0.25) is 0 Å². The van der Waals surface area contributed by atoms with Crippen LogP contribution in [0.5, 0.6) is 0 Å². The van der Waals surface area contributed by atoms with E-state index in [-0.39, 0.29) is 0 Å². The van der Waals surface area contributed by atoms with Gasteiger partial charge >= 0.3 is 0 Å². The Balaban J connectivity index is 1.73. The average Bonchev–Trinajstić information content (AvgIpc) is 3.07. The molecule has 0 amide bonds. The predicted octanol–water partition coefficient (Wildman–Crippen LogP) is 2.82. The lowest BCUT2D eigenvalue weighted by Crippen LogP contribution is -2.17. The van der Waals surface area contributed by atoms with E-state index in [1.165, 1.54) is 32.1 Å². The SMILES string of the molecule is CC1CCC(c2noc(C3CCCC3CN)n2)C1. The Morgan fingerprint density at radius 3 is 2.89 bits per heavy atom. The van der Waals surface area contributed by atoms with E-state index in [9.17, 15) is 0 Å². The van der Waals surface area contributed by atoms with Crippen LogP contribution in [0.25, 0.3) is 0 Å². The van der Waals surface area contributed by atoms with Crippen molar-refractivity contribution in [3.05, 3.63) is 11.7 Å². The third kappa shape index (κ3) is 2.18. The first kappa shape index (κ1) is 12.2. The monoisotopic (exact) mass is 249 g/mol. The van der Waals surface area contributed by atoms with E-state index < -0.39 is 0 Å². The third-order valence-corrected chi connectivity index (χ3v) is 4.80. The summed E-state index contributed by atoms with van der Waals surface area (Å²) in [6.07, 6.45) is 7.33. The van der Waals surface area contributed by atoms with Crippen molar-refractivity contribution in [2.45, 2.75) is 57.3 Å². The summed E-state index contributed by atoms with van der Waals surface area (Å²) < 4.78 is 5.51. The second-order valence-electron chi connectivity index (χ2n) is 6.14. The molecule has 4 atom stereocenters. The molecule has 2 fully saturated rings. The van der Waals surface area contributed by atoms with Crippen molar-refractivity contribution in [3.63, 3.8) is 0 Å². The first-order valence-corrected chi connectivity index (χ1v) is 7.31. The van der Waals surface area contributed by atoms with Crippen LogP contribution < -0.4 is 5.73 Å². The molecule has 4 unspecified atom stereocenters. The Hall–Kier alpha value is -0.900. The summed E-state index contributed by atoms with van der Waals surface area (Å²) in [4.78, 5) is 4.67. The zero-order valence-electron chi connectivity index (χ0n) is 11.1. The summed E-state index contributed by atoms with van der Waals surface area (Å²) in [7, 11) is 0. The molecule has 0 saturated heterocycles. The van der Waals surface area contributed by atoms with Gasteiger partial charge in [0.05, 0.1) is 0 Å². The number of hydrogen-bond donors (Lipinski definition) is 1. The van der Waals surface area contributed by atoms with Crippen LogP contribution in [0.2, 0.25) is 0 Å². The van der Waals surface area contributed by atoms with Gasteiger partial charge in [0.2, 0.25) is 5.89 Å². The zero-order valence-corrected chi connectivity index (χ0v) is 11.1. The Morgan fingerprint density at radius 1 is 1.28 bits per heavy atom. The Labute approximate surface area is 108 Å². The Kier molecular flexibility index (Phi) is 3.37. The molecule has 3 rings (SSSR count). The van der Waals surface area contributed by atoms with E-state index in [4.69, 9.17) is 10.3 Å². The van der Waals surface area contributed by atoms with Gasteiger partial charge < -0.3 is 10.3 Å². The highest BCUT2D eigenvalue weighted by Gasteiger charge is 2.33. The molecule has 2 N–H and O–H groups in total. The summed E-state index contributed by atoms with van der Waals surface area (Å²) >= 11 is 0. The topological polar surface area (TPSA) is 64.9 Å². The molecule has 0 spiro atoms. The second kappa shape index (κ2) is 5.00. The second-order valence-corrected chi connectivity index (χ2v) is 6.14. The van der Waals surface area contributed by atoms with Crippen LogP contribution in [0, 0.1) is 11.8 Å². The van der Waals surface area contributed by atoms with Crippen molar-refractivity contribution in [1.82, 2.24) is 10.1 Å². The average molecular weight is 249 g/mol. The van der Waals surface area contributed by atoms with Gasteiger partial charge in [-0.2, -0.15) is 4.98 Å². The van der Waals surface area contributed by atoms with Crippen molar-refractivity contribution in [1.29, 1.82) is 0 Å². The minimum Gasteiger partial charge on any atom is -0.339 e. The summed E-state index contributed by atoms with van der Waals surface area (Å²) in [5, 5.41) is 4.22. The molecule has 100 valence electrons. The van der Waals surface area contributed by atoms with Crippen molar-refractivity contribution in [3.8, 4) is 0 Å². The summed E-state index contributed by atoms with van der Waals surface area (Å²) in [5.41, 5.74) is 5.82. The maximum atomic E-state index is 5.82. The quantitative estimate of drug-likeness (QED) is 0.894. The zero-order chi connectivity index (χ0) is 12.5. The number of rotatable bonds is 3. The molecule has 18 heavy (non-hydrogen) atoms. The van der Waals surface area contributed by atoms with Crippen LogP contribution in [0.4, 0.5) is 0 Å². The molecule has 4 heteroatoms. The molecular weight excluding hydrogens is 226 g/mol. The van der Waals surface area contributed by atoms with Crippen LogP contribution >= 0.6 is 0 Å². The fourth-order valence-electron chi connectivity index (χ4n) is 3.65. The summed E-state index contributed by atoms with van der Waals surface area (Å²) in [5.74, 6) is 4.07.